The molecule has 0 unspecified atom stereocenters. The van der Waals surface area contributed by atoms with Crippen molar-refractivity contribution in [3.05, 3.63) is 18.6 Å². The highest BCUT2D eigenvalue weighted by molar-refractivity contribution is 5.01. The number of hydrogen-bond acceptors (Lipinski definition) is 0. The third kappa shape index (κ3) is 2.01. The molecule has 0 aliphatic carbocycles. The third-order valence-electron chi connectivity index (χ3n) is 0.862. The summed E-state index contributed by atoms with van der Waals surface area (Å²) in [5.74, 6) is 0. The zero-order valence-electron chi connectivity index (χ0n) is 4.49. The molecule has 0 aromatic carbocycles. The van der Waals surface area contributed by atoms with Crippen molar-refractivity contribution >= 4 is 0 Å². The Bertz CT molecular complexity index is 51.1. The van der Waals surface area contributed by atoms with Gasteiger partial charge in [0.15, 0.2) is 0 Å². The van der Waals surface area contributed by atoms with Gasteiger partial charge in [0, 0.05) is 0 Å². The van der Waals surface area contributed by atoms with Gasteiger partial charge in [0.1, 0.15) is 0 Å². The predicted molar refractivity (Wildman–Crippen MR) is 29.4 cm³/mol. The van der Waals surface area contributed by atoms with Gasteiger partial charge in [-0.3, -0.25) is 0 Å². The van der Waals surface area contributed by atoms with Crippen molar-refractivity contribution in [2.45, 2.75) is 20.3 Å². The predicted octanol–water partition coefficient (Wildman–Crippen LogP) is 2.18. The molecule has 0 aromatic heterocycles. The monoisotopic (exact) mass is 83.1 g/mol. The summed E-state index contributed by atoms with van der Waals surface area (Å²) in [6, 6.07) is 0. The van der Waals surface area contributed by atoms with E-state index in [1.165, 1.54) is 5.57 Å². The van der Waals surface area contributed by atoms with E-state index in [0.29, 0.717) is 0 Å². The van der Waals surface area contributed by atoms with Crippen LogP contribution in [0.4, 0.5) is 0 Å². The Morgan fingerprint density at radius 1 is 1.83 bits per heavy atom. The van der Waals surface area contributed by atoms with Gasteiger partial charge in [-0.25, -0.2) is 0 Å². The fourth-order valence-corrected chi connectivity index (χ4v) is 0.204. The minimum Gasteiger partial charge on any atom is -0.0885 e. The first-order valence-corrected chi connectivity index (χ1v) is 2.28. The van der Waals surface area contributed by atoms with E-state index < -0.39 is 0 Å². The molecule has 6 heavy (non-hydrogen) atoms. The van der Waals surface area contributed by atoms with Crippen LogP contribution in [-0.2, 0) is 0 Å². The van der Waals surface area contributed by atoms with Crippen molar-refractivity contribution in [2.24, 2.45) is 0 Å². The first kappa shape index (κ1) is 5.74. The summed E-state index contributed by atoms with van der Waals surface area (Å²) < 4.78 is 0. The van der Waals surface area contributed by atoms with Gasteiger partial charge in [-0.05, 0) is 20.3 Å². The quantitative estimate of drug-likeness (QED) is 0.455. The minimum atomic E-state index is 1.08. The Morgan fingerprint density at radius 3 is 2.33 bits per heavy atom. The highest BCUT2D eigenvalue weighted by Gasteiger charge is 1.73. The van der Waals surface area contributed by atoms with Gasteiger partial charge in [-0.1, -0.05) is 18.6 Å². The fourth-order valence-electron chi connectivity index (χ4n) is 0.204. The van der Waals surface area contributed by atoms with Crippen molar-refractivity contribution in [3.63, 3.8) is 0 Å². The minimum absolute atomic E-state index is 1.08. The van der Waals surface area contributed by atoms with Gasteiger partial charge in [-0.2, -0.15) is 0 Å². The second kappa shape index (κ2) is 2.95. The lowest BCUT2D eigenvalue weighted by Gasteiger charge is -1.84. The molecule has 0 aliphatic rings. The van der Waals surface area contributed by atoms with Gasteiger partial charge in [0.25, 0.3) is 0 Å². The van der Waals surface area contributed by atoms with Crippen LogP contribution in [0.15, 0.2) is 11.6 Å². The molecule has 0 aromatic rings. The zero-order valence-corrected chi connectivity index (χ0v) is 4.49. The van der Waals surface area contributed by atoms with Crippen molar-refractivity contribution < 1.29 is 0 Å². The number of rotatable bonds is 1. The first-order chi connectivity index (χ1) is 2.81. The van der Waals surface area contributed by atoms with Crippen molar-refractivity contribution in [1.82, 2.24) is 0 Å². The van der Waals surface area contributed by atoms with E-state index in [0.717, 1.165) is 6.42 Å². The molecule has 0 atom stereocenters. The molecule has 0 bridgehead atoms. The van der Waals surface area contributed by atoms with Crippen LogP contribution >= 0.6 is 0 Å². The van der Waals surface area contributed by atoms with Crippen LogP contribution < -0.4 is 0 Å². The molecule has 0 rings (SSSR count). The van der Waals surface area contributed by atoms with E-state index in [9.17, 15) is 0 Å². The second-order valence-electron chi connectivity index (χ2n) is 1.30. The molecule has 35 valence electrons. The average molecular weight is 83.2 g/mol. The Kier molecular flexibility index (Phi) is 2.82. The van der Waals surface area contributed by atoms with E-state index in [4.69, 9.17) is 0 Å². The molecule has 0 spiro atoms. The molecule has 0 saturated heterocycles. The third-order valence-corrected chi connectivity index (χ3v) is 0.862. The van der Waals surface area contributed by atoms with Gasteiger partial charge in [-0.15, -0.1) is 0 Å². The van der Waals surface area contributed by atoms with E-state index in [1.807, 2.05) is 13.0 Å². The molecular formula is C6H11. The summed E-state index contributed by atoms with van der Waals surface area (Å²) in [7, 11) is 0. The highest BCUT2D eigenvalue weighted by atomic mass is 13.8. The molecule has 0 aliphatic heterocycles. The fraction of sp³-hybridized carbons (Fsp3) is 0.500. The molecule has 0 N–H and O–H groups in total. The Labute approximate surface area is 39.9 Å². The highest BCUT2D eigenvalue weighted by Crippen LogP contribution is 1.93. The van der Waals surface area contributed by atoms with Crippen molar-refractivity contribution in [2.75, 3.05) is 0 Å². The van der Waals surface area contributed by atoms with Gasteiger partial charge in [0.05, 0.1) is 0 Å². The summed E-state index contributed by atoms with van der Waals surface area (Å²) in [5, 5.41) is 0. The number of allylic oxidation sites excluding steroid dienone is 2. The Hall–Kier alpha value is -0.260. The summed E-state index contributed by atoms with van der Waals surface area (Å²) in [6.07, 6.45) is 3.11. The molecule has 0 amide bonds. The Balaban J connectivity index is 3.22. The lowest BCUT2D eigenvalue weighted by molar-refractivity contribution is 1.14. The molecule has 0 saturated carbocycles. The smallest absolute Gasteiger partial charge is 0.0283 e. The normalized spacial score (nSPS) is 12.2. The van der Waals surface area contributed by atoms with Gasteiger partial charge < -0.3 is 0 Å². The van der Waals surface area contributed by atoms with E-state index in [1.54, 1.807) is 0 Å². The average Bonchev–Trinajstić information content (AvgIpc) is 1.65. The van der Waals surface area contributed by atoms with Crippen molar-refractivity contribution in [1.29, 1.82) is 0 Å². The van der Waals surface area contributed by atoms with Gasteiger partial charge >= 0.3 is 0 Å². The largest absolute Gasteiger partial charge is 0.0885 e. The molecule has 0 heteroatoms. The van der Waals surface area contributed by atoms with E-state index >= 15 is 0 Å². The summed E-state index contributed by atoms with van der Waals surface area (Å²) in [4.78, 5) is 0. The summed E-state index contributed by atoms with van der Waals surface area (Å²) >= 11 is 0. The van der Waals surface area contributed by atoms with Crippen LogP contribution in [0.3, 0.4) is 0 Å². The maximum absolute atomic E-state index is 3.74. The lowest BCUT2D eigenvalue weighted by atomic mass is 10.2. The van der Waals surface area contributed by atoms with Crippen LogP contribution in [0.1, 0.15) is 20.3 Å². The van der Waals surface area contributed by atoms with E-state index in [2.05, 4.69) is 13.8 Å². The number of hydrogen-bond donors (Lipinski definition) is 0. The molecular weight excluding hydrogens is 72.1 g/mol. The summed E-state index contributed by atoms with van der Waals surface area (Å²) in [6.45, 7) is 7.84. The van der Waals surface area contributed by atoms with Crippen molar-refractivity contribution in [3.8, 4) is 0 Å². The second-order valence-corrected chi connectivity index (χ2v) is 1.30. The SMILES string of the molecule is [CH2]/C(=C/C)CC. The van der Waals surface area contributed by atoms with Crippen LogP contribution in [0.2, 0.25) is 0 Å². The van der Waals surface area contributed by atoms with Gasteiger partial charge in [0.2, 0.25) is 0 Å². The Morgan fingerprint density at radius 2 is 2.33 bits per heavy atom. The maximum atomic E-state index is 3.74. The first-order valence-electron chi connectivity index (χ1n) is 2.28. The standard InChI is InChI=1S/C6H11/c1-4-6(3)5-2/h4H,3,5H2,1-2H3/b6-4-. The van der Waals surface area contributed by atoms with Crippen LogP contribution in [0, 0.1) is 6.92 Å². The molecule has 0 fully saturated rings. The van der Waals surface area contributed by atoms with Crippen LogP contribution in [-0.4, -0.2) is 0 Å². The molecule has 1 radical (unpaired) electrons. The van der Waals surface area contributed by atoms with Crippen LogP contribution in [0.5, 0.6) is 0 Å². The molecule has 0 heterocycles. The maximum Gasteiger partial charge on any atom is -0.0283 e. The zero-order chi connectivity index (χ0) is 4.99. The summed E-state index contributed by atoms with van der Waals surface area (Å²) in [5.41, 5.74) is 1.22. The van der Waals surface area contributed by atoms with E-state index in [-0.39, 0.29) is 0 Å². The lowest BCUT2D eigenvalue weighted by Crippen LogP contribution is -1.64. The van der Waals surface area contributed by atoms with Crippen LogP contribution in [0.25, 0.3) is 0 Å². The molecule has 0 nitrogen and oxygen atoms in total. The topological polar surface area (TPSA) is 0 Å².